The molecule has 0 fully saturated rings. The lowest BCUT2D eigenvalue weighted by Gasteiger charge is -2.09. The van der Waals surface area contributed by atoms with Crippen LogP contribution in [0.2, 0.25) is 0 Å². The van der Waals surface area contributed by atoms with Gasteiger partial charge < -0.3 is 0 Å². The Morgan fingerprint density at radius 3 is 2.57 bits per heavy atom. The molecule has 14 heavy (non-hydrogen) atoms. The number of carbonyl (C=O) groups excluding carboxylic acids is 1. The Morgan fingerprint density at radius 1 is 1.43 bits per heavy atom. The summed E-state index contributed by atoms with van der Waals surface area (Å²) in [6.07, 6.45) is 1.89. The maximum absolute atomic E-state index is 11.5. The second kappa shape index (κ2) is 4.35. The zero-order valence-electron chi connectivity index (χ0n) is 9.19. The molecule has 4 heteroatoms. The first-order valence-corrected chi connectivity index (χ1v) is 4.93. The molecule has 0 aromatic carbocycles. The fraction of sp³-hybridized carbons (Fsp3) is 0.700. The largest absolute Gasteiger partial charge is 0.299 e. The summed E-state index contributed by atoms with van der Waals surface area (Å²) in [6, 6.07) is 0.257. The van der Waals surface area contributed by atoms with E-state index in [0.717, 1.165) is 5.82 Å². The Labute approximate surface area is 84.3 Å². The van der Waals surface area contributed by atoms with Gasteiger partial charge in [-0.3, -0.25) is 4.79 Å². The van der Waals surface area contributed by atoms with Crippen molar-refractivity contribution in [1.82, 2.24) is 14.8 Å². The van der Waals surface area contributed by atoms with Gasteiger partial charge in [0.1, 0.15) is 17.9 Å². The maximum atomic E-state index is 11.5. The van der Waals surface area contributed by atoms with E-state index in [1.165, 1.54) is 6.33 Å². The van der Waals surface area contributed by atoms with Gasteiger partial charge in [-0.2, -0.15) is 5.10 Å². The molecule has 0 spiro atoms. The van der Waals surface area contributed by atoms with Crippen molar-refractivity contribution in [3.8, 4) is 0 Å². The number of aromatic nitrogens is 3. The van der Waals surface area contributed by atoms with Gasteiger partial charge in [-0.25, -0.2) is 9.67 Å². The van der Waals surface area contributed by atoms with E-state index in [1.54, 1.807) is 4.68 Å². The van der Waals surface area contributed by atoms with E-state index in [9.17, 15) is 4.79 Å². The lowest BCUT2D eigenvalue weighted by Crippen LogP contribution is -2.16. The first-order valence-electron chi connectivity index (χ1n) is 4.93. The van der Waals surface area contributed by atoms with Crippen LogP contribution in [0.1, 0.15) is 39.6 Å². The first kappa shape index (κ1) is 10.9. The zero-order chi connectivity index (χ0) is 10.7. The number of carbonyl (C=O) groups is 1. The molecule has 0 aliphatic rings. The van der Waals surface area contributed by atoms with E-state index in [1.807, 2.05) is 27.7 Å². The lowest BCUT2D eigenvalue weighted by atomic mass is 10.1. The van der Waals surface area contributed by atoms with Gasteiger partial charge in [0.2, 0.25) is 0 Å². The van der Waals surface area contributed by atoms with E-state index in [0.29, 0.717) is 6.42 Å². The number of ketones is 1. The molecule has 0 atom stereocenters. The van der Waals surface area contributed by atoms with Crippen molar-refractivity contribution < 1.29 is 4.79 Å². The Morgan fingerprint density at radius 2 is 2.07 bits per heavy atom. The summed E-state index contributed by atoms with van der Waals surface area (Å²) in [5, 5.41) is 4.08. The van der Waals surface area contributed by atoms with E-state index in [-0.39, 0.29) is 17.7 Å². The Balaban J connectivity index is 2.76. The molecule has 0 saturated carbocycles. The summed E-state index contributed by atoms with van der Waals surface area (Å²) in [5.41, 5.74) is 0. The predicted octanol–water partition coefficient (Wildman–Crippen LogP) is 1.63. The molecule has 0 amide bonds. The number of nitrogens with zero attached hydrogens (tertiary/aromatic N) is 3. The monoisotopic (exact) mass is 195 g/mol. The Bertz CT molecular complexity index is 315. The second-order valence-electron chi connectivity index (χ2n) is 4.01. The molecule has 1 aromatic rings. The van der Waals surface area contributed by atoms with Crippen LogP contribution >= 0.6 is 0 Å². The average Bonchev–Trinajstić information content (AvgIpc) is 2.52. The fourth-order valence-corrected chi connectivity index (χ4v) is 1.19. The highest BCUT2D eigenvalue weighted by Crippen LogP contribution is 2.08. The van der Waals surface area contributed by atoms with Crippen molar-refractivity contribution in [1.29, 1.82) is 0 Å². The van der Waals surface area contributed by atoms with Crippen molar-refractivity contribution in [2.45, 2.75) is 40.2 Å². The van der Waals surface area contributed by atoms with Crippen molar-refractivity contribution in [2.75, 3.05) is 0 Å². The van der Waals surface area contributed by atoms with Crippen molar-refractivity contribution in [3.63, 3.8) is 0 Å². The SMILES string of the molecule is CC(C)C(=O)Cc1ncnn1C(C)C. The molecule has 0 radical (unpaired) electrons. The highest BCUT2D eigenvalue weighted by Gasteiger charge is 2.14. The molecule has 0 saturated heterocycles. The fourth-order valence-electron chi connectivity index (χ4n) is 1.19. The van der Waals surface area contributed by atoms with Crippen LogP contribution in [0, 0.1) is 5.92 Å². The predicted molar refractivity (Wildman–Crippen MR) is 54.0 cm³/mol. The lowest BCUT2D eigenvalue weighted by molar-refractivity contribution is -0.121. The Hall–Kier alpha value is -1.19. The first-order chi connectivity index (χ1) is 6.52. The minimum Gasteiger partial charge on any atom is -0.299 e. The highest BCUT2D eigenvalue weighted by atomic mass is 16.1. The van der Waals surface area contributed by atoms with Gasteiger partial charge in [0.15, 0.2) is 0 Å². The van der Waals surface area contributed by atoms with E-state index >= 15 is 0 Å². The molecule has 4 nitrogen and oxygen atoms in total. The van der Waals surface area contributed by atoms with Crippen LogP contribution < -0.4 is 0 Å². The standard InChI is InChI=1S/C10H17N3O/c1-7(2)9(14)5-10-11-6-12-13(10)8(3)4/h6-8H,5H2,1-4H3. The van der Waals surface area contributed by atoms with Gasteiger partial charge >= 0.3 is 0 Å². The Kier molecular flexibility index (Phi) is 3.38. The van der Waals surface area contributed by atoms with Gasteiger partial charge in [0.25, 0.3) is 0 Å². The number of rotatable bonds is 4. The zero-order valence-corrected chi connectivity index (χ0v) is 9.19. The van der Waals surface area contributed by atoms with Crippen molar-refractivity contribution in [3.05, 3.63) is 12.2 Å². The number of hydrogen-bond donors (Lipinski definition) is 0. The van der Waals surface area contributed by atoms with E-state index in [2.05, 4.69) is 10.1 Å². The molecular formula is C10H17N3O. The minimum absolute atomic E-state index is 0.0623. The molecule has 1 heterocycles. The van der Waals surface area contributed by atoms with Crippen LogP contribution in [0.15, 0.2) is 6.33 Å². The summed E-state index contributed by atoms with van der Waals surface area (Å²) in [7, 11) is 0. The van der Waals surface area contributed by atoms with E-state index < -0.39 is 0 Å². The smallest absolute Gasteiger partial charge is 0.142 e. The third-order valence-corrected chi connectivity index (χ3v) is 2.11. The normalized spacial score (nSPS) is 11.3. The summed E-state index contributed by atoms with van der Waals surface area (Å²) < 4.78 is 1.79. The summed E-state index contributed by atoms with van der Waals surface area (Å²) in [6.45, 7) is 7.85. The molecule has 78 valence electrons. The van der Waals surface area contributed by atoms with Crippen LogP contribution in [0.4, 0.5) is 0 Å². The van der Waals surface area contributed by atoms with Gasteiger partial charge in [0.05, 0.1) is 6.42 Å². The van der Waals surface area contributed by atoms with Gasteiger partial charge in [-0.1, -0.05) is 13.8 Å². The molecule has 1 rings (SSSR count). The topological polar surface area (TPSA) is 47.8 Å². The molecule has 0 aliphatic carbocycles. The number of hydrogen-bond acceptors (Lipinski definition) is 3. The van der Waals surface area contributed by atoms with Gasteiger partial charge in [-0.05, 0) is 13.8 Å². The molecular weight excluding hydrogens is 178 g/mol. The van der Waals surface area contributed by atoms with Crippen molar-refractivity contribution in [2.24, 2.45) is 5.92 Å². The van der Waals surface area contributed by atoms with Crippen LogP contribution in [0.25, 0.3) is 0 Å². The highest BCUT2D eigenvalue weighted by molar-refractivity contribution is 5.81. The quantitative estimate of drug-likeness (QED) is 0.733. The second-order valence-corrected chi connectivity index (χ2v) is 4.01. The average molecular weight is 195 g/mol. The molecule has 0 N–H and O–H groups in total. The molecule has 0 bridgehead atoms. The molecule has 1 aromatic heterocycles. The van der Waals surface area contributed by atoms with Crippen LogP contribution in [0.5, 0.6) is 0 Å². The maximum Gasteiger partial charge on any atom is 0.142 e. The summed E-state index contributed by atoms with van der Waals surface area (Å²) >= 11 is 0. The third-order valence-electron chi connectivity index (χ3n) is 2.11. The van der Waals surface area contributed by atoms with E-state index in [4.69, 9.17) is 0 Å². The summed E-state index contributed by atoms with van der Waals surface area (Å²) in [5.74, 6) is 1.03. The van der Waals surface area contributed by atoms with Crippen LogP contribution in [0.3, 0.4) is 0 Å². The van der Waals surface area contributed by atoms with Gasteiger partial charge in [0, 0.05) is 12.0 Å². The van der Waals surface area contributed by atoms with Crippen molar-refractivity contribution >= 4 is 5.78 Å². The third kappa shape index (κ3) is 2.40. The van der Waals surface area contributed by atoms with Crippen LogP contribution in [-0.2, 0) is 11.2 Å². The number of Topliss-reactive ketones (excluding diaryl/α,β-unsaturated/α-hetero) is 1. The minimum atomic E-state index is 0.0623. The molecule has 0 unspecified atom stereocenters. The molecule has 0 aliphatic heterocycles. The van der Waals surface area contributed by atoms with Crippen LogP contribution in [-0.4, -0.2) is 20.5 Å². The summed E-state index contributed by atoms with van der Waals surface area (Å²) in [4.78, 5) is 15.6. The van der Waals surface area contributed by atoms with Gasteiger partial charge in [-0.15, -0.1) is 0 Å².